The van der Waals surface area contributed by atoms with E-state index in [0.29, 0.717) is 17.8 Å². The summed E-state index contributed by atoms with van der Waals surface area (Å²) in [6.45, 7) is 0. The molecule has 0 spiro atoms. The Kier molecular flexibility index (Phi) is 5.57. The summed E-state index contributed by atoms with van der Waals surface area (Å²) in [4.78, 5) is 12.5. The van der Waals surface area contributed by atoms with Crippen LogP contribution in [0.4, 0.5) is 0 Å². The van der Waals surface area contributed by atoms with Crippen molar-refractivity contribution >= 4 is 35.7 Å². The molecule has 0 aliphatic carbocycles. The fourth-order valence-corrected chi connectivity index (χ4v) is 4.25. The minimum Gasteiger partial charge on any atom is -0.294 e. The van der Waals surface area contributed by atoms with Crippen molar-refractivity contribution in [1.82, 2.24) is 0 Å². The van der Waals surface area contributed by atoms with Gasteiger partial charge in [0.25, 0.3) is 0 Å². The molecule has 1 nitrogen and oxygen atoms in total. The predicted molar refractivity (Wildman–Crippen MR) is 84.0 cm³/mol. The van der Waals surface area contributed by atoms with Gasteiger partial charge in [0.15, 0.2) is 5.52 Å². The summed E-state index contributed by atoms with van der Waals surface area (Å²) in [5.41, 5.74) is 0.299. The summed E-state index contributed by atoms with van der Waals surface area (Å²) in [5.74, 6) is 0.540. The quantitative estimate of drug-likeness (QED) is 0.586. The molecule has 0 aliphatic rings. The van der Waals surface area contributed by atoms with Crippen molar-refractivity contribution < 1.29 is 4.79 Å². The molecule has 0 N–H and O–H groups in total. The number of rotatable bonds is 6. The molecule has 19 heavy (non-hydrogen) atoms. The molecule has 2 rings (SSSR count). The first-order chi connectivity index (χ1) is 9.33. The molecule has 0 radical (unpaired) electrons. The Balaban J connectivity index is 2.31. The van der Waals surface area contributed by atoms with Crippen LogP contribution in [0.15, 0.2) is 60.7 Å². The van der Waals surface area contributed by atoms with Crippen LogP contribution < -0.4 is 10.6 Å². The van der Waals surface area contributed by atoms with E-state index in [1.807, 2.05) is 60.7 Å². The van der Waals surface area contributed by atoms with E-state index in [1.54, 1.807) is 0 Å². The summed E-state index contributed by atoms with van der Waals surface area (Å²) in [6, 6.07) is 20.1. The minimum atomic E-state index is -0.921. The Labute approximate surface area is 120 Å². The van der Waals surface area contributed by atoms with Gasteiger partial charge in [-0.25, -0.2) is 0 Å². The van der Waals surface area contributed by atoms with Crippen LogP contribution in [-0.2, 0) is 4.79 Å². The zero-order valence-corrected chi connectivity index (χ0v) is 12.3. The number of carbonyl (C=O) groups excluding carboxylic acids is 1. The predicted octanol–water partition coefficient (Wildman–Crippen LogP) is 3.66. The lowest BCUT2D eigenvalue weighted by Crippen LogP contribution is -2.17. The SMILES string of the molecule is O=C(CCCCl)P(c1ccccc1)c1ccccc1. The van der Waals surface area contributed by atoms with Crippen molar-refractivity contribution in [3.05, 3.63) is 60.7 Å². The fourth-order valence-electron chi connectivity index (χ4n) is 1.92. The Bertz CT molecular complexity index is 473. The van der Waals surface area contributed by atoms with Crippen LogP contribution in [0, 0.1) is 0 Å². The molecule has 2 aromatic rings. The summed E-state index contributed by atoms with van der Waals surface area (Å²) < 4.78 is 0. The first kappa shape index (κ1) is 14.2. The van der Waals surface area contributed by atoms with Gasteiger partial charge in [0.1, 0.15) is 0 Å². The molecule has 0 bridgehead atoms. The van der Waals surface area contributed by atoms with E-state index in [1.165, 1.54) is 0 Å². The van der Waals surface area contributed by atoms with Crippen molar-refractivity contribution in [3.63, 3.8) is 0 Å². The van der Waals surface area contributed by atoms with Crippen molar-refractivity contribution in [1.29, 1.82) is 0 Å². The van der Waals surface area contributed by atoms with Gasteiger partial charge in [-0.15, -0.1) is 11.6 Å². The number of halogens is 1. The molecule has 98 valence electrons. The third kappa shape index (κ3) is 3.89. The molecule has 0 heterocycles. The first-order valence-electron chi connectivity index (χ1n) is 6.32. The lowest BCUT2D eigenvalue weighted by Gasteiger charge is -2.16. The maximum absolute atomic E-state index is 12.5. The van der Waals surface area contributed by atoms with E-state index < -0.39 is 7.92 Å². The number of carbonyl (C=O) groups is 1. The molecule has 0 saturated heterocycles. The average molecular weight is 291 g/mol. The average Bonchev–Trinajstić information content (AvgIpc) is 2.47. The van der Waals surface area contributed by atoms with E-state index in [0.717, 1.165) is 17.0 Å². The van der Waals surface area contributed by atoms with E-state index in [4.69, 9.17) is 11.6 Å². The first-order valence-corrected chi connectivity index (χ1v) is 8.19. The lowest BCUT2D eigenvalue weighted by molar-refractivity contribution is -0.111. The Morgan fingerprint density at radius 1 is 0.895 bits per heavy atom. The molecule has 3 heteroatoms. The highest BCUT2D eigenvalue weighted by Gasteiger charge is 2.21. The van der Waals surface area contributed by atoms with E-state index in [-0.39, 0.29) is 0 Å². The normalized spacial score (nSPS) is 10.6. The Morgan fingerprint density at radius 2 is 1.37 bits per heavy atom. The lowest BCUT2D eigenvalue weighted by atomic mass is 10.4. The summed E-state index contributed by atoms with van der Waals surface area (Å²) in [5, 5.41) is 2.23. The largest absolute Gasteiger partial charge is 0.294 e. The molecular formula is C16H16ClOP. The van der Waals surface area contributed by atoms with Crippen molar-refractivity contribution in [2.45, 2.75) is 12.8 Å². The smallest absolute Gasteiger partial charge is 0.163 e. The number of benzene rings is 2. The van der Waals surface area contributed by atoms with Crippen molar-refractivity contribution in [3.8, 4) is 0 Å². The maximum atomic E-state index is 12.5. The summed E-state index contributed by atoms with van der Waals surface area (Å²) >= 11 is 5.70. The second kappa shape index (κ2) is 7.43. The molecule has 0 atom stereocenters. The highest BCUT2D eigenvalue weighted by atomic mass is 35.5. The van der Waals surface area contributed by atoms with Crippen molar-refractivity contribution in [2.24, 2.45) is 0 Å². The van der Waals surface area contributed by atoms with Crippen LogP contribution in [0.1, 0.15) is 12.8 Å². The van der Waals surface area contributed by atoms with Crippen LogP contribution in [0.5, 0.6) is 0 Å². The molecular weight excluding hydrogens is 275 g/mol. The Hall–Kier alpha value is -1.17. The van der Waals surface area contributed by atoms with Gasteiger partial charge in [-0.1, -0.05) is 60.7 Å². The second-order valence-corrected chi connectivity index (χ2v) is 6.77. The molecule has 0 fully saturated rings. The summed E-state index contributed by atoms with van der Waals surface area (Å²) in [6.07, 6.45) is 1.30. The number of alkyl halides is 1. The molecule has 0 saturated carbocycles. The molecule has 0 aromatic heterocycles. The van der Waals surface area contributed by atoms with Crippen LogP contribution >= 0.6 is 19.5 Å². The third-order valence-corrected chi connectivity index (χ3v) is 5.42. The number of hydrogen-bond donors (Lipinski definition) is 0. The van der Waals surface area contributed by atoms with Crippen LogP contribution in [0.2, 0.25) is 0 Å². The fraction of sp³-hybridized carbons (Fsp3) is 0.188. The summed E-state index contributed by atoms with van der Waals surface area (Å²) in [7, 11) is -0.921. The van der Waals surface area contributed by atoms with E-state index in [2.05, 4.69) is 0 Å². The topological polar surface area (TPSA) is 17.1 Å². The minimum absolute atomic E-state index is 0.299. The van der Waals surface area contributed by atoms with Gasteiger partial charge in [0.2, 0.25) is 0 Å². The molecule has 0 amide bonds. The Morgan fingerprint density at radius 3 is 1.79 bits per heavy atom. The van der Waals surface area contributed by atoms with Crippen LogP contribution in [0.25, 0.3) is 0 Å². The monoisotopic (exact) mass is 290 g/mol. The zero-order chi connectivity index (χ0) is 13.5. The third-order valence-electron chi connectivity index (χ3n) is 2.80. The molecule has 0 unspecified atom stereocenters. The zero-order valence-electron chi connectivity index (χ0n) is 10.6. The van der Waals surface area contributed by atoms with E-state index >= 15 is 0 Å². The van der Waals surface area contributed by atoms with Gasteiger partial charge < -0.3 is 0 Å². The standard InChI is InChI=1S/C16H16ClOP/c17-13-7-12-16(18)19(14-8-3-1-4-9-14)15-10-5-2-6-11-15/h1-6,8-11H,7,12-13H2. The van der Waals surface area contributed by atoms with Gasteiger partial charge in [-0.2, -0.15) is 0 Å². The molecule has 2 aromatic carbocycles. The highest BCUT2D eigenvalue weighted by molar-refractivity contribution is 7.87. The van der Waals surface area contributed by atoms with Crippen LogP contribution in [-0.4, -0.2) is 11.4 Å². The highest BCUT2D eigenvalue weighted by Crippen LogP contribution is 2.36. The maximum Gasteiger partial charge on any atom is 0.163 e. The van der Waals surface area contributed by atoms with Crippen LogP contribution in [0.3, 0.4) is 0 Å². The van der Waals surface area contributed by atoms with Crippen molar-refractivity contribution in [2.75, 3.05) is 5.88 Å². The van der Waals surface area contributed by atoms with Gasteiger partial charge >= 0.3 is 0 Å². The second-order valence-electron chi connectivity index (χ2n) is 4.19. The van der Waals surface area contributed by atoms with Gasteiger partial charge in [0, 0.05) is 20.2 Å². The van der Waals surface area contributed by atoms with Gasteiger partial charge in [-0.3, -0.25) is 4.79 Å². The molecule has 0 aliphatic heterocycles. The number of hydrogen-bond acceptors (Lipinski definition) is 1. The van der Waals surface area contributed by atoms with E-state index in [9.17, 15) is 4.79 Å². The van der Waals surface area contributed by atoms with Gasteiger partial charge in [-0.05, 0) is 17.0 Å². The van der Waals surface area contributed by atoms with Gasteiger partial charge in [0.05, 0.1) is 0 Å².